The number of rotatable bonds is 1. The van der Waals surface area contributed by atoms with E-state index in [2.05, 4.69) is 0 Å². The lowest BCUT2D eigenvalue weighted by Crippen LogP contribution is -2.46. The van der Waals surface area contributed by atoms with Gasteiger partial charge in [-0.1, -0.05) is 18.9 Å². The molecule has 1 fully saturated rings. The number of aryl methyl sites for hydroxylation is 1. The van der Waals surface area contributed by atoms with Crippen LogP contribution >= 0.6 is 0 Å². The van der Waals surface area contributed by atoms with Gasteiger partial charge in [-0.3, -0.25) is 14.8 Å². The van der Waals surface area contributed by atoms with Gasteiger partial charge in [-0.25, -0.2) is 5.48 Å². The molecule has 0 saturated carbocycles. The number of benzene rings is 1. The van der Waals surface area contributed by atoms with Gasteiger partial charge in [-0.05, 0) is 55.4 Å². The monoisotopic (exact) mass is 316 g/mol. The number of carbonyl (C=O) groups excluding carboxylic acids is 2. The zero-order chi connectivity index (χ0) is 16.4. The first-order chi connectivity index (χ1) is 11.1. The van der Waals surface area contributed by atoms with Gasteiger partial charge in [0.15, 0.2) is 0 Å². The second kappa shape index (κ2) is 6.32. The van der Waals surface area contributed by atoms with Gasteiger partial charge in [0.25, 0.3) is 5.91 Å². The fourth-order valence-corrected chi connectivity index (χ4v) is 4.07. The van der Waals surface area contributed by atoms with E-state index in [0.29, 0.717) is 12.0 Å². The summed E-state index contributed by atoms with van der Waals surface area (Å²) >= 11 is 0. The lowest BCUT2D eigenvalue weighted by molar-refractivity contribution is -0.143. The van der Waals surface area contributed by atoms with Gasteiger partial charge in [-0.15, -0.1) is 0 Å². The van der Waals surface area contributed by atoms with Crippen LogP contribution in [-0.2, 0) is 17.6 Å². The molecule has 1 spiro atoms. The molecule has 1 aromatic carbocycles. The molecular weight excluding hydrogens is 292 g/mol. The minimum Gasteiger partial charge on any atom is -0.345 e. The molecule has 1 aromatic rings. The predicted molar refractivity (Wildman–Crippen MR) is 86.3 cm³/mol. The van der Waals surface area contributed by atoms with E-state index in [1.54, 1.807) is 11.5 Å². The lowest BCUT2D eigenvalue weighted by Gasteiger charge is -2.41. The molecule has 1 aliphatic heterocycles. The Hall–Kier alpha value is -1.88. The van der Waals surface area contributed by atoms with Gasteiger partial charge >= 0.3 is 0 Å². The third-order valence-corrected chi connectivity index (χ3v) is 5.42. The number of carbonyl (C=O) groups is 2. The number of likely N-dealkylation sites (tertiary alicyclic amines) is 1. The Morgan fingerprint density at radius 2 is 2.04 bits per heavy atom. The number of nitrogens with one attached hydrogen (secondary N) is 1. The van der Waals surface area contributed by atoms with Gasteiger partial charge < -0.3 is 4.90 Å². The van der Waals surface area contributed by atoms with Crippen LogP contribution in [0.1, 0.15) is 53.6 Å². The van der Waals surface area contributed by atoms with E-state index >= 15 is 0 Å². The van der Waals surface area contributed by atoms with Crippen LogP contribution in [-0.4, -0.2) is 35.5 Å². The first-order valence-corrected chi connectivity index (χ1v) is 8.37. The molecule has 2 amide bonds. The minimum atomic E-state index is -0.506. The number of amides is 2. The molecule has 3 rings (SSSR count). The van der Waals surface area contributed by atoms with E-state index in [1.807, 2.05) is 24.1 Å². The molecule has 1 saturated heterocycles. The highest BCUT2D eigenvalue weighted by Gasteiger charge is 2.42. The maximum absolute atomic E-state index is 13.0. The third kappa shape index (κ3) is 2.98. The zero-order valence-corrected chi connectivity index (χ0v) is 13.6. The Balaban J connectivity index is 1.92. The highest BCUT2D eigenvalue weighted by atomic mass is 16.5. The predicted octanol–water partition coefficient (Wildman–Crippen LogP) is 2.31. The Labute approximate surface area is 136 Å². The van der Waals surface area contributed by atoms with Gasteiger partial charge in [0.05, 0.1) is 5.41 Å². The van der Waals surface area contributed by atoms with Gasteiger partial charge in [0, 0.05) is 19.2 Å². The summed E-state index contributed by atoms with van der Waals surface area (Å²) in [5, 5.41) is 8.82. The number of fused-ring (bicyclic) bond motifs is 1. The standard InChI is InChI=1S/C18H24N2O3/c1-20-10-4-2-3-8-18(17(20)22)9-7-13-5-6-14(16(21)19-23)11-15(13)12-18/h5-6,11,23H,2-4,7-10,12H2,1H3,(H,19,21). The zero-order valence-electron chi connectivity index (χ0n) is 13.6. The molecule has 1 aliphatic carbocycles. The van der Waals surface area contributed by atoms with Gasteiger partial charge in [0.2, 0.25) is 5.91 Å². The molecule has 1 heterocycles. The van der Waals surface area contributed by atoms with Crippen molar-refractivity contribution in [3.8, 4) is 0 Å². The molecule has 1 unspecified atom stereocenters. The Morgan fingerprint density at radius 3 is 2.83 bits per heavy atom. The molecule has 1 atom stereocenters. The second-order valence-corrected chi connectivity index (χ2v) is 6.92. The average Bonchev–Trinajstić information content (AvgIpc) is 2.58. The van der Waals surface area contributed by atoms with E-state index in [0.717, 1.165) is 44.2 Å². The molecular formula is C18H24N2O3. The number of hydrogen-bond donors (Lipinski definition) is 2. The van der Waals surface area contributed by atoms with Crippen molar-refractivity contribution in [3.05, 3.63) is 34.9 Å². The van der Waals surface area contributed by atoms with Crippen LogP contribution in [0, 0.1) is 5.41 Å². The highest BCUT2D eigenvalue weighted by Crippen LogP contribution is 2.42. The SMILES string of the molecule is CN1CCCCCC2(CCc3ccc(C(=O)NO)cc3C2)C1=O. The normalized spacial score (nSPS) is 24.8. The Bertz CT molecular complexity index is 629. The number of hydroxylamine groups is 1. The van der Waals surface area contributed by atoms with Gasteiger partial charge in [-0.2, -0.15) is 0 Å². The third-order valence-electron chi connectivity index (χ3n) is 5.42. The fraction of sp³-hybridized carbons (Fsp3) is 0.556. The van der Waals surface area contributed by atoms with E-state index in [-0.39, 0.29) is 11.3 Å². The first-order valence-electron chi connectivity index (χ1n) is 8.37. The molecule has 0 aromatic heterocycles. The van der Waals surface area contributed by atoms with Crippen molar-refractivity contribution in [1.29, 1.82) is 0 Å². The van der Waals surface area contributed by atoms with E-state index in [9.17, 15) is 9.59 Å². The van der Waals surface area contributed by atoms with Crippen LogP contribution in [0.25, 0.3) is 0 Å². The van der Waals surface area contributed by atoms with Crippen LogP contribution in [0.2, 0.25) is 0 Å². The molecule has 5 nitrogen and oxygen atoms in total. The number of hydrogen-bond acceptors (Lipinski definition) is 3. The van der Waals surface area contributed by atoms with Crippen molar-refractivity contribution in [2.24, 2.45) is 5.41 Å². The quantitative estimate of drug-likeness (QED) is 0.617. The molecule has 0 bridgehead atoms. The minimum absolute atomic E-state index is 0.250. The molecule has 124 valence electrons. The van der Waals surface area contributed by atoms with Gasteiger partial charge in [0.1, 0.15) is 0 Å². The summed E-state index contributed by atoms with van der Waals surface area (Å²) in [7, 11) is 1.90. The molecule has 5 heteroatoms. The summed E-state index contributed by atoms with van der Waals surface area (Å²) < 4.78 is 0. The summed E-state index contributed by atoms with van der Waals surface area (Å²) in [5.41, 5.74) is 4.08. The summed E-state index contributed by atoms with van der Waals surface area (Å²) in [5.74, 6) is -0.256. The van der Waals surface area contributed by atoms with Crippen LogP contribution in [0.3, 0.4) is 0 Å². The lowest BCUT2D eigenvalue weighted by atomic mass is 9.67. The van der Waals surface area contributed by atoms with Crippen molar-refractivity contribution >= 4 is 11.8 Å². The molecule has 23 heavy (non-hydrogen) atoms. The van der Waals surface area contributed by atoms with E-state index < -0.39 is 5.91 Å². The highest BCUT2D eigenvalue weighted by molar-refractivity contribution is 5.93. The van der Waals surface area contributed by atoms with Crippen LogP contribution in [0.4, 0.5) is 0 Å². The van der Waals surface area contributed by atoms with Crippen molar-refractivity contribution in [1.82, 2.24) is 10.4 Å². The summed E-state index contributed by atoms with van der Waals surface area (Å²) in [6.07, 6.45) is 6.70. The molecule has 0 radical (unpaired) electrons. The van der Waals surface area contributed by atoms with Crippen LogP contribution in [0.15, 0.2) is 18.2 Å². The van der Waals surface area contributed by atoms with E-state index in [4.69, 9.17) is 5.21 Å². The van der Waals surface area contributed by atoms with Crippen molar-refractivity contribution in [2.45, 2.75) is 44.9 Å². The topological polar surface area (TPSA) is 69.6 Å². The smallest absolute Gasteiger partial charge is 0.274 e. The second-order valence-electron chi connectivity index (χ2n) is 6.92. The van der Waals surface area contributed by atoms with Crippen molar-refractivity contribution < 1.29 is 14.8 Å². The first kappa shape index (κ1) is 16.0. The van der Waals surface area contributed by atoms with Crippen LogP contribution in [0.5, 0.6) is 0 Å². The summed E-state index contributed by atoms with van der Waals surface area (Å²) in [4.78, 5) is 26.5. The molecule has 2 N–H and O–H groups in total. The number of nitrogens with zero attached hydrogens (tertiary/aromatic N) is 1. The molecule has 2 aliphatic rings. The maximum Gasteiger partial charge on any atom is 0.274 e. The average molecular weight is 316 g/mol. The van der Waals surface area contributed by atoms with Crippen LogP contribution < -0.4 is 5.48 Å². The largest absolute Gasteiger partial charge is 0.345 e. The Morgan fingerprint density at radius 1 is 1.22 bits per heavy atom. The van der Waals surface area contributed by atoms with Crippen molar-refractivity contribution in [3.63, 3.8) is 0 Å². The maximum atomic E-state index is 13.0. The Kier molecular flexibility index (Phi) is 4.39. The summed E-state index contributed by atoms with van der Waals surface area (Å²) in [6.45, 7) is 0.834. The van der Waals surface area contributed by atoms with E-state index in [1.165, 1.54) is 12.0 Å². The van der Waals surface area contributed by atoms with Crippen molar-refractivity contribution in [2.75, 3.05) is 13.6 Å². The summed E-state index contributed by atoms with van der Waals surface area (Å²) in [6, 6.07) is 5.51. The fourth-order valence-electron chi connectivity index (χ4n) is 4.07.